The Bertz CT molecular complexity index is 991. The second kappa shape index (κ2) is 9.03. The maximum atomic E-state index is 14.4. The van der Waals surface area contributed by atoms with Gasteiger partial charge >= 0.3 is 6.09 Å². The van der Waals surface area contributed by atoms with E-state index in [0.29, 0.717) is 37.4 Å². The predicted octanol–water partition coefficient (Wildman–Crippen LogP) is 3.84. The van der Waals surface area contributed by atoms with Gasteiger partial charge in [-0.05, 0) is 53.5 Å². The molecule has 2 aromatic heterocycles. The number of anilines is 1. The van der Waals surface area contributed by atoms with Gasteiger partial charge in [-0.25, -0.2) is 19.2 Å². The molecule has 168 valence electrons. The van der Waals surface area contributed by atoms with E-state index < -0.39 is 11.4 Å². The van der Waals surface area contributed by atoms with E-state index in [1.165, 1.54) is 10.6 Å². The highest BCUT2D eigenvalue weighted by Gasteiger charge is 2.27. The summed E-state index contributed by atoms with van der Waals surface area (Å²) in [6, 6.07) is 2.98. The minimum atomic E-state index is -0.556. The number of carbonyl (C=O) groups excluding carboxylic acids is 1. The molecule has 8 nitrogen and oxygen atoms in total. The topological polar surface area (TPSA) is 89.3 Å². The van der Waals surface area contributed by atoms with Crippen molar-refractivity contribution >= 4 is 12.0 Å². The third kappa shape index (κ3) is 5.80. The summed E-state index contributed by atoms with van der Waals surface area (Å²) in [5, 5.41) is 3.24. The Hall–Kier alpha value is -2.97. The number of pyridine rings is 1. The molecule has 1 N–H and O–H groups in total. The summed E-state index contributed by atoms with van der Waals surface area (Å²) in [6.45, 7) is 10.4. The zero-order valence-corrected chi connectivity index (χ0v) is 18.7. The molecule has 0 radical (unpaired) electrons. The number of likely N-dealkylation sites (tertiary alicyclic amines) is 1. The molecule has 1 aliphatic rings. The van der Waals surface area contributed by atoms with E-state index in [1.54, 1.807) is 17.2 Å². The van der Waals surface area contributed by atoms with Crippen molar-refractivity contribution in [3.05, 3.63) is 40.7 Å². The Labute approximate surface area is 181 Å². The molecule has 0 atom stereocenters. The number of amides is 1. The highest BCUT2D eigenvalue weighted by Crippen LogP contribution is 2.23. The van der Waals surface area contributed by atoms with Gasteiger partial charge < -0.3 is 19.5 Å². The fraction of sp³-hybridized carbons (Fsp3) is 0.545. The average molecular weight is 432 g/mol. The number of aromatic nitrogens is 3. The van der Waals surface area contributed by atoms with Crippen LogP contribution in [-0.4, -0.2) is 50.3 Å². The quantitative estimate of drug-likeness (QED) is 0.791. The number of nitrogens with one attached hydrogen (secondary N) is 1. The molecule has 0 bridgehead atoms. The molecule has 0 saturated carbocycles. The van der Waals surface area contributed by atoms with Crippen LogP contribution in [0.5, 0.6) is 0 Å². The lowest BCUT2D eigenvalue weighted by Gasteiger charge is -2.33. The highest BCUT2D eigenvalue weighted by atomic mass is 19.1. The number of nitrogens with zero attached hydrogens (tertiary/aromatic N) is 4. The number of ether oxygens (including phenoxy) is 1. The van der Waals surface area contributed by atoms with Gasteiger partial charge in [-0.2, -0.15) is 0 Å². The largest absolute Gasteiger partial charge is 0.444 e. The van der Waals surface area contributed by atoms with Crippen LogP contribution in [0.25, 0.3) is 11.3 Å². The molecule has 0 unspecified atom stereocenters. The van der Waals surface area contributed by atoms with E-state index in [-0.39, 0.29) is 29.4 Å². The van der Waals surface area contributed by atoms with Gasteiger partial charge in [-0.3, -0.25) is 4.79 Å². The van der Waals surface area contributed by atoms with Crippen LogP contribution < -0.4 is 10.9 Å². The Kier molecular flexibility index (Phi) is 6.62. The van der Waals surface area contributed by atoms with E-state index in [1.807, 2.05) is 34.6 Å². The van der Waals surface area contributed by atoms with Crippen molar-refractivity contribution in [1.29, 1.82) is 0 Å². The molecule has 0 spiro atoms. The monoisotopic (exact) mass is 431 g/mol. The fourth-order valence-corrected chi connectivity index (χ4v) is 3.40. The van der Waals surface area contributed by atoms with Gasteiger partial charge in [-0.1, -0.05) is 0 Å². The van der Waals surface area contributed by atoms with Crippen LogP contribution in [0, 0.1) is 5.82 Å². The summed E-state index contributed by atoms with van der Waals surface area (Å²) < 4.78 is 21.4. The van der Waals surface area contributed by atoms with Gasteiger partial charge in [0, 0.05) is 43.0 Å². The second-order valence-electron chi connectivity index (χ2n) is 9.03. The summed E-state index contributed by atoms with van der Waals surface area (Å²) in [5.41, 5.74) is -0.0277. The van der Waals surface area contributed by atoms with Crippen molar-refractivity contribution in [2.45, 2.75) is 65.1 Å². The van der Waals surface area contributed by atoms with E-state index in [2.05, 4.69) is 15.3 Å². The molecule has 1 fully saturated rings. The van der Waals surface area contributed by atoms with E-state index in [0.717, 1.165) is 6.20 Å². The van der Waals surface area contributed by atoms with Crippen molar-refractivity contribution in [3.63, 3.8) is 0 Å². The normalized spacial score (nSPS) is 15.3. The summed E-state index contributed by atoms with van der Waals surface area (Å²) in [7, 11) is 0. The van der Waals surface area contributed by atoms with Crippen molar-refractivity contribution in [3.8, 4) is 11.3 Å². The SMILES string of the molecule is CC(C)n1cc(-c2nc(NC3CCN(C(=O)OC(C)(C)C)CC3)ncc2F)ccc1=O. The molecule has 1 aliphatic heterocycles. The molecule has 2 aromatic rings. The van der Waals surface area contributed by atoms with E-state index in [9.17, 15) is 14.0 Å². The summed E-state index contributed by atoms with van der Waals surface area (Å²) in [4.78, 5) is 34.3. The summed E-state index contributed by atoms with van der Waals surface area (Å²) in [6.07, 6.45) is 3.83. The van der Waals surface area contributed by atoms with Crippen molar-refractivity contribution < 1.29 is 13.9 Å². The predicted molar refractivity (Wildman–Crippen MR) is 117 cm³/mol. The minimum Gasteiger partial charge on any atom is -0.444 e. The number of carbonyl (C=O) groups is 1. The molecule has 0 aliphatic carbocycles. The maximum absolute atomic E-state index is 14.4. The molecule has 3 heterocycles. The first-order valence-corrected chi connectivity index (χ1v) is 10.5. The van der Waals surface area contributed by atoms with E-state index >= 15 is 0 Å². The van der Waals surface area contributed by atoms with E-state index in [4.69, 9.17) is 4.74 Å². The molecule has 1 saturated heterocycles. The van der Waals surface area contributed by atoms with Crippen LogP contribution in [0.2, 0.25) is 0 Å². The van der Waals surface area contributed by atoms with Crippen LogP contribution in [0.1, 0.15) is 53.5 Å². The highest BCUT2D eigenvalue weighted by molar-refractivity contribution is 5.68. The van der Waals surface area contributed by atoms with Crippen LogP contribution >= 0.6 is 0 Å². The van der Waals surface area contributed by atoms with Gasteiger partial charge in [0.1, 0.15) is 11.3 Å². The van der Waals surface area contributed by atoms with Crippen LogP contribution in [-0.2, 0) is 4.74 Å². The van der Waals surface area contributed by atoms with Crippen molar-refractivity contribution in [2.24, 2.45) is 0 Å². The molecular weight excluding hydrogens is 401 g/mol. The summed E-state index contributed by atoms with van der Waals surface area (Å²) in [5.74, 6) is -0.242. The molecular formula is C22H30FN5O3. The van der Waals surface area contributed by atoms with Gasteiger partial charge in [0.05, 0.1) is 6.20 Å². The zero-order valence-electron chi connectivity index (χ0n) is 18.7. The molecule has 31 heavy (non-hydrogen) atoms. The number of rotatable bonds is 4. The maximum Gasteiger partial charge on any atom is 0.410 e. The Morgan fingerprint density at radius 1 is 1.26 bits per heavy atom. The van der Waals surface area contributed by atoms with Gasteiger partial charge in [-0.15, -0.1) is 0 Å². The molecule has 1 amide bonds. The van der Waals surface area contributed by atoms with Crippen LogP contribution in [0.15, 0.2) is 29.3 Å². The minimum absolute atomic E-state index is 0.0508. The Balaban J connectivity index is 1.69. The van der Waals surface area contributed by atoms with Gasteiger partial charge in [0.25, 0.3) is 5.56 Å². The van der Waals surface area contributed by atoms with Gasteiger partial charge in [0.2, 0.25) is 5.95 Å². The smallest absolute Gasteiger partial charge is 0.410 e. The van der Waals surface area contributed by atoms with Crippen LogP contribution in [0.4, 0.5) is 15.1 Å². The van der Waals surface area contributed by atoms with Crippen molar-refractivity contribution in [2.75, 3.05) is 18.4 Å². The lowest BCUT2D eigenvalue weighted by molar-refractivity contribution is 0.0210. The lowest BCUT2D eigenvalue weighted by atomic mass is 10.1. The standard InChI is InChI=1S/C22H30FN5O3/c1-14(2)28-13-15(6-7-18(28)29)19-17(23)12-24-20(26-19)25-16-8-10-27(11-9-16)21(30)31-22(3,4)5/h6-7,12-14,16H,8-11H2,1-5H3,(H,24,25,26). The third-order valence-corrected chi connectivity index (χ3v) is 4.99. The van der Waals surface area contributed by atoms with Crippen molar-refractivity contribution in [1.82, 2.24) is 19.4 Å². The average Bonchev–Trinajstić information content (AvgIpc) is 2.69. The third-order valence-electron chi connectivity index (χ3n) is 4.99. The first kappa shape index (κ1) is 22.7. The molecule has 9 heteroatoms. The molecule has 0 aromatic carbocycles. The second-order valence-corrected chi connectivity index (χ2v) is 9.03. The zero-order chi connectivity index (χ0) is 22.8. The lowest BCUT2D eigenvalue weighted by Crippen LogP contribution is -2.44. The number of halogens is 1. The Morgan fingerprint density at radius 2 is 1.94 bits per heavy atom. The number of hydrogen-bond donors (Lipinski definition) is 1. The number of hydrogen-bond acceptors (Lipinski definition) is 6. The first-order valence-electron chi connectivity index (χ1n) is 10.5. The summed E-state index contributed by atoms with van der Waals surface area (Å²) >= 11 is 0. The first-order chi connectivity index (χ1) is 14.5. The Morgan fingerprint density at radius 3 is 2.55 bits per heavy atom. The fourth-order valence-electron chi connectivity index (χ4n) is 3.40. The molecule has 3 rings (SSSR count). The number of piperidine rings is 1. The van der Waals surface area contributed by atoms with Crippen LogP contribution in [0.3, 0.4) is 0 Å². The van der Waals surface area contributed by atoms with Gasteiger partial charge in [0.15, 0.2) is 5.82 Å².